The Bertz CT molecular complexity index is 984. The first kappa shape index (κ1) is 20.3. The highest BCUT2D eigenvalue weighted by Crippen LogP contribution is 2.23. The van der Waals surface area contributed by atoms with E-state index in [1.807, 2.05) is 41.3 Å². The zero-order chi connectivity index (χ0) is 20.8. The van der Waals surface area contributed by atoms with Gasteiger partial charge in [0.2, 0.25) is 11.9 Å². The minimum Gasteiger partial charge on any atom is -0.368 e. The molecule has 30 heavy (non-hydrogen) atoms. The Morgan fingerprint density at radius 2 is 2.03 bits per heavy atom. The van der Waals surface area contributed by atoms with Crippen LogP contribution in [0, 0.1) is 0 Å². The van der Waals surface area contributed by atoms with Crippen molar-refractivity contribution in [1.29, 1.82) is 0 Å². The fourth-order valence-corrected chi connectivity index (χ4v) is 3.53. The van der Waals surface area contributed by atoms with Crippen molar-refractivity contribution in [1.82, 2.24) is 19.9 Å². The Labute approximate surface area is 180 Å². The standard InChI is InChI=1S/C22H22ClN5O2/c23-17-4-1-3-16(13-17)5-8-21(29)28-11-12-30-20(15-28)19-7-6-18(14-26-19)27-22-24-9-2-10-25-22/h1-4,6-7,9-10,13-14,20H,5,8,11-12,15H2,(H,24,25,27). The lowest BCUT2D eigenvalue weighted by atomic mass is 10.1. The number of amides is 1. The summed E-state index contributed by atoms with van der Waals surface area (Å²) in [5, 5.41) is 3.79. The second kappa shape index (κ2) is 9.65. The molecule has 8 heteroatoms. The molecule has 3 heterocycles. The van der Waals surface area contributed by atoms with Gasteiger partial charge >= 0.3 is 0 Å². The summed E-state index contributed by atoms with van der Waals surface area (Å²) in [5.41, 5.74) is 2.64. The Hall–Kier alpha value is -3.03. The van der Waals surface area contributed by atoms with Gasteiger partial charge in [0.05, 0.1) is 30.7 Å². The second-order valence-corrected chi connectivity index (χ2v) is 7.43. The Morgan fingerprint density at radius 3 is 2.80 bits per heavy atom. The van der Waals surface area contributed by atoms with Gasteiger partial charge in [0, 0.05) is 30.4 Å². The fourth-order valence-electron chi connectivity index (χ4n) is 3.32. The third-order valence-corrected chi connectivity index (χ3v) is 5.11. The number of anilines is 2. The first-order valence-corrected chi connectivity index (χ1v) is 10.2. The van der Waals surface area contributed by atoms with Gasteiger partial charge in [-0.05, 0) is 42.3 Å². The van der Waals surface area contributed by atoms with Crippen molar-refractivity contribution in [3.05, 3.63) is 77.3 Å². The average Bonchev–Trinajstić information content (AvgIpc) is 2.79. The van der Waals surface area contributed by atoms with Gasteiger partial charge in [0.25, 0.3) is 0 Å². The van der Waals surface area contributed by atoms with E-state index in [4.69, 9.17) is 16.3 Å². The van der Waals surface area contributed by atoms with E-state index in [-0.39, 0.29) is 12.0 Å². The molecule has 1 atom stereocenters. The number of aromatic nitrogens is 3. The first-order valence-electron chi connectivity index (χ1n) is 9.81. The number of aryl methyl sites for hydroxylation is 1. The van der Waals surface area contributed by atoms with Crippen molar-refractivity contribution < 1.29 is 9.53 Å². The number of carbonyl (C=O) groups excluding carboxylic acids is 1. The highest BCUT2D eigenvalue weighted by atomic mass is 35.5. The number of morpholine rings is 1. The molecule has 1 amide bonds. The number of carbonyl (C=O) groups is 1. The molecule has 7 nitrogen and oxygen atoms in total. The molecule has 0 radical (unpaired) electrons. The highest BCUT2D eigenvalue weighted by molar-refractivity contribution is 6.30. The van der Waals surface area contributed by atoms with Crippen LogP contribution in [0.3, 0.4) is 0 Å². The van der Waals surface area contributed by atoms with Gasteiger partial charge in [0.1, 0.15) is 6.10 Å². The molecule has 0 bridgehead atoms. The lowest BCUT2D eigenvalue weighted by Gasteiger charge is -2.32. The molecule has 1 fully saturated rings. The summed E-state index contributed by atoms with van der Waals surface area (Å²) >= 11 is 6.02. The van der Waals surface area contributed by atoms with E-state index in [2.05, 4.69) is 20.3 Å². The Balaban J connectivity index is 1.33. The molecular formula is C22H22ClN5O2. The molecule has 0 aliphatic carbocycles. The quantitative estimate of drug-likeness (QED) is 0.649. The summed E-state index contributed by atoms with van der Waals surface area (Å²) in [5.74, 6) is 0.625. The molecule has 0 spiro atoms. The maximum Gasteiger partial charge on any atom is 0.227 e. The van der Waals surface area contributed by atoms with Crippen LogP contribution < -0.4 is 5.32 Å². The van der Waals surface area contributed by atoms with E-state index in [1.165, 1.54) is 0 Å². The topological polar surface area (TPSA) is 80.2 Å². The molecule has 1 unspecified atom stereocenters. The van der Waals surface area contributed by atoms with Crippen LogP contribution in [0.5, 0.6) is 0 Å². The van der Waals surface area contributed by atoms with Crippen LogP contribution in [-0.4, -0.2) is 45.5 Å². The van der Waals surface area contributed by atoms with Crippen LogP contribution in [0.25, 0.3) is 0 Å². The number of rotatable bonds is 6. The molecule has 1 aliphatic rings. The van der Waals surface area contributed by atoms with Crippen LogP contribution >= 0.6 is 11.6 Å². The summed E-state index contributed by atoms with van der Waals surface area (Å²) in [6, 6.07) is 13.2. The van der Waals surface area contributed by atoms with Gasteiger partial charge in [-0.3, -0.25) is 9.78 Å². The van der Waals surface area contributed by atoms with Crippen molar-refractivity contribution in [3.63, 3.8) is 0 Å². The zero-order valence-corrected chi connectivity index (χ0v) is 17.1. The van der Waals surface area contributed by atoms with Crippen LogP contribution in [0.2, 0.25) is 5.02 Å². The molecular weight excluding hydrogens is 402 g/mol. The minimum absolute atomic E-state index is 0.114. The first-order chi connectivity index (χ1) is 14.7. The van der Waals surface area contributed by atoms with Gasteiger partial charge < -0.3 is 15.0 Å². The number of ether oxygens (including phenoxy) is 1. The number of hydrogen-bond acceptors (Lipinski definition) is 6. The van der Waals surface area contributed by atoms with E-state index < -0.39 is 0 Å². The highest BCUT2D eigenvalue weighted by Gasteiger charge is 2.26. The van der Waals surface area contributed by atoms with Gasteiger partial charge in [-0.2, -0.15) is 0 Å². The van der Waals surface area contributed by atoms with Gasteiger partial charge in [0.15, 0.2) is 0 Å². The molecule has 0 saturated carbocycles. The smallest absolute Gasteiger partial charge is 0.227 e. The molecule has 2 aromatic heterocycles. The number of pyridine rings is 1. The number of hydrogen-bond donors (Lipinski definition) is 1. The maximum atomic E-state index is 12.7. The largest absolute Gasteiger partial charge is 0.368 e. The lowest BCUT2D eigenvalue weighted by Crippen LogP contribution is -2.42. The van der Waals surface area contributed by atoms with Crippen LogP contribution in [-0.2, 0) is 16.0 Å². The molecule has 1 aliphatic heterocycles. The van der Waals surface area contributed by atoms with Crippen molar-refractivity contribution in [3.8, 4) is 0 Å². The van der Waals surface area contributed by atoms with Gasteiger partial charge in [-0.1, -0.05) is 23.7 Å². The van der Waals surface area contributed by atoms with E-state index in [1.54, 1.807) is 24.7 Å². The van der Waals surface area contributed by atoms with E-state index in [9.17, 15) is 4.79 Å². The summed E-state index contributed by atoms with van der Waals surface area (Å²) in [7, 11) is 0. The third kappa shape index (κ3) is 5.31. The third-order valence-electron chi connectivity index (χ3n) is 4.87. The number of benzene rings is 1. The molecule has 154 valence electrons. The van der Waals surface area contributed by atoms with E-state index >= 15 is 0 Å². The van der Waals surface area contributed by atoms with E-state index in [0.29, 0.717) is 43.5 Å². The molecule has 1 N–H and O–H groups in total. The van der Waals surface area contributed by atoms with E-state index in [0.717, 1.165) is 16.9 Å². The predicted octanol–water partition coefficient (Wildman–Crippen LogP) is 3.80. The predicted molar refractivity (Wildman–Crippen MR) is 115 cm³/mol. The number of halogens is 1. The van der Waals surface area contributed by atoms with Crippen molar-refractivity contribution >= 4 is 29.1 Å². The van der Waals surface area contributed by atoms with Gasteiger partial charge in [-0.25, -0.2) is 9.97 Å². The average molecular weight is 424 g/mol. The second-order valence-electron chi connectivity index (χ2n) is 7.00. The zero-order valence-electron chi connectivity index (χ0n) is 16.4. The van der Waals surface area contributed by atoms with Crippen LogP contribution in [0.1, 0.15) is 23.8 Å². The minimum atomic E-state index is -0.240. The monoisotopic (exact) mass is 423 g/mol. The van der Waals surface area contributed by atoms with Crippen LogP contribution in [0.4, 0.5) is 11.6 Å². The lowest BCUT2D eigenvalue weighted by molar-refractivity contribution is -0.139. The SMILES string of the molecule is O=C(CCc1cccc(Cl)c1)N1CCOC(c2ccc(Nc3ncccn3)cn2)C1. The van der Waals surface area contributed by atoms with Crippen molar-refractivity contribution in [2.24, 2.45) is 0 Å². The summed E-state index contributed by atoms with van der Waals surface area (Å²) in [6.07, 6.45) is 5.93. The number of nitrogens with one attached hydrogen (secondary N) is 1. The summed E-state index contributed by atoms with van der Waals surface area (Å²) in [6.45, 7) is 1.58. The molecule has 1 aromatic carbocycles. The van der Waals surface area contributed by atoms with Gasteiger partial charge in [-0.15, -0.1) is 0 Å². The molecule has 3 aromatic rings. The molecule has 4 rings (SSSR count). The number of nitrogens with zero attached hydrogens (tertiary/aromatic N) is 4. The van der Waals surface area contributed by atoms with Crippen molar-refractivity contribution in [2.75, 3.05) is 25.0 Å². The summed E-state index contributed by atoms with van der Waals surface area (Å²) < 4.78 is 5.86. The Kier molecular flexibility index (Phi) is 6.51. The van der Waals surface area contributed by atoms with Crippen molar-refractivity contribution in [2.45, 2.75) is 18.9 Å². The van der Waals surface area contributed by atoms with Crippen LogP contribution in [0.15, 0.2) is 61.1 Å². The fraction of sp³-hybridized carbons (Fsp3) is 0.273. The maximum absolute atomic E-state index is 12.7. The molecule has 1 saturated heterocycles. The summed E-state index contributed by atoms with van der Waals surface area (Å²) in [4.78, 5) is 27.3. The Morgan fingerprint density at radius 1 is 1.17 bits per heavy atom. The normalized spacial score (nSPS) is 16.3.